The van der Waals surface area contributed by atoms with Gasteiger partial charge in [-0.15, -0.1) is 0 Å². The van der Waals surface area contributed by atoms with Crippen molar-refractivity contribution < 1.29 is 21.9 Å². The minimum absolute atomic E-state index is 0.0749. The molecule has 1 aliphatic heterocycles. The average molecular weight is 285 g/mol. The second-order valence-electron chi connectivity index (χ2n) is 4.30. The standard InChI is InChI=1S/C9H19NO5S2/c1-2-8(7-11)10-17(14,15)9-3-5-16(12,13)6-4-9/h8-11H,2-7H2,1H3/t8-/m0/s1. The summed E-state index contributed by atoms with van der Waals surface area (Å²) in [5.74, 6) is -0.150. The van der Waals surface area contributed by atoms with Gasteiger partial charge in [-0.2, -0.15) is 0 Å². The van der Waals surface area contributed by atoms with Crippen LogP contribution in [0.15, 0.2) is 0 Å². The first-order valence-electron chi connectivity index (χ1n) is 5.63. The molecule has 17 heavy (non-hydrogen) atoms. The van der Waals surface area contributed by atoms with E-state index in [0.717, 1.165) is 0 Å². The first-order valence-corrected chi connectivity index (χ1v) is 9.00. The molecule has 0 aromatic carbocycles. The summed E-state index contributed by atoms with van der Waals surface area (Å²) >= 11 is 0. The number of hydrogen-bond donors (Lipinski definition) is 2. The fourth-order valence-corrected chi connectivity index (χ4v) is 5.30. The second-order valence-corrected chi connectivity index (χ2v) is 8.60. The third-order valence-corrected chi connectivity index (χ3v) is 6.71. The molecule has 0 saturated carbocycles. The molecule has 0 unspecified atom stereocenters. The molecule has 102 valence electrons. The smallest absolute Gasteiger partial charge is 0.214 e. The summed E-state index contributed by atoms with van der Waals surface area (Å²) in [5, 5.41) is 8.29. The molecule has 0 aromatic rings. The zero-order valence-electron chi connectivity index (χ0n) is 9.79. The summed E-state index contributed by atoms with van der Waals surface area (Å²) in [6, 6.07) is -0.487. The summed E-state index contributed by atoms with van der Waals surface area (Å²) in [6.45, 7) is 1.52. The van der Waals surface area contributed by atoms with Crippen LogP contribution in [0.2, 0.25) is 0 Å². The Kier molecular flexibility index (Phi) is 4.94. The summed E-state index contributed by atoms with van der Waals surface area (Å²) in [6.07, 6.45) is 0.778. The van der Waals surface area contributed by atoms with Gasteiger partial charge in [-0.3, -0.25) is 0 Å². The maximum Gasteiger partial charge on any atom is 0.214 e. The van der Waals surface area contributed by atoms with E-state index in [4.69, 9.17) is 5.11 Å². The van der Waals surface area contributed by atoms with Crippen molar-refractivity contribution in [1.29, 1.82) is 0 Å². The first kappa shape index (κ1) is 14.9. The Morgan fingerprint density at radius 2 is 1.88 bits per heavy atom. The predicted molar refractivity (Wildman–Crippen MR) is 64.9 cm³/mol. The van der Waals surface area contributed by atoms with Gasteiger partial charge in [0.1, 0.15) is 9.84 Å². The van der Waals surface area contributed by atoms with E-state index in [-0.39, 0.29) is 31.0 Å². The van der Waals surface area contributed by atoms with Gasteiger partial charge in [0.25, 0.3) is 0 Å². The van der Waals surface area contributed by atoms with E-state index in [9.17, 15) is 16.8 Å². The monoisotopic (exact) mass is 285 g/mol. The predicted octanol–water partition coefficient (Wildman–Crippen LogP) is -0.746. The van der Waals surface area contributed by atoms with Gasteiger partial charge >= 0.3 is 0 Å². The van der Waals surface area contributed by atoms with Crippen LogP contribution < -0.4 is 4.72 Å². The van der Waals surface area contributed by atoms with E-state index in [2.05, 4.69) is 4.72 Å². The van der Waals surface area contributed by atoms with Crippen LogP contribution in [-0.2, 0) is 19.9 Å². The minimum atomic E-state index is -3.53. The Labute approximate surface area is 102 Å². The fourth-order valence-electron chi connectivity index (χ4n) is 1.76. The number of nitrogens with one attached hydrogen (secondary N) is 1. The molecule has 0 bridgehead atoms. The number of sulfonamides is 1. The molecule has 0 radical (unpaired) electrons. The molecule has 0 aromatic heterocycles. The number of sulfone groups is 1. The van der Waals surface area contributed by atoms with Gasteiger partial charge < -0.3 is 5.11 Å². The molecule has 1 heterocycles. The molecule has 1 saturated heterocycles. The lowest BCUT2D eigenvalue weighted by Crippen LogP contribution is -2.45. The lowest BCUT2D eigenvalue weighted by Gasteiger charge is -2.24. The molecular formula is C9H19NO5S2. The SMILES string of the molecule is CC[C@@H](CO)NS(=O)(=O)C1CCS(=O)(=O)CC1. The largest absolute Gasteiger partial charge is 0.395 e. The van der Waals surface area contributed by atoms with Crippen molar-refractivity contribution in [2.24, 2.45) is 0 Å². The Morgan fingerprint density at radius 1 is 1.35 bits per heavy atom. The van der Waals surface area contributed by atoms with Crippen LogP contribution in [-0.4, -0.2) is 51.3 Å². The van der Waals surface area contributed by atoms with Crippen molar-refractivity contribution in [3.05, 3.63) is 0 Å². The number of aliphatic hydroxyl groups is 1. The normalized spacial score (nSPS) is 23.4. The molecule has 6 nitrogen and oxygen atoms in total. The first-order chi connectivity index (χ1) is 7.80. The maximum absolute atomic E-state index is 11.9. The number of rotatable bonds is 5. The van der Waals surface area contributed by atoms with Gasteiger partial charge in [-0.05, 0) is 19.3 Å². The Bertz CT molecular complexity index is 424. The molecule has 0 aliphatic carbocycles. The maximum atomic E-state index is 11.9. The van der Waals surface area contributed by atoms with Crippen molar-refractivity contribution in [2.45, 2.75) is 37.5 Å². The molecule has 1 atom stereocenters. The van der Waals surface area contributed by atoms with E-state index < -0.39 is 31.2 Å². The van der Waals surface area contributed by atoms with E-state index in [1.54, 1.807) is 6.92 Å². The Hall–Kier alpha value is -0.180. The lowest BCUT2D eigenvalue weighted by atomic mass is 10.2. The average Bonchev–Trinajstić information content (AvgIpc) is 2.25. The fraction of sp³-hybridized carbons (Fsp3) is 1.00. The van der Waals surface area contributed by atoms with E-state index >= 15 is 0 Å². The van der Waals surface area contributed by atoms with Gasteiger partial charge in [-0.1, -0.05) is 6.92 Å². The third-order valence-electron chi connectivity index (χ3n) is 2.98. The van der Waals surface area contributed by atoms with E-state index in [0.29, 0.717) is 6.42 Å². The van der Waals surface area contributed by atoms with Crippen molar-refractivity contribution >= 4 is 19.9 Å². The molecule has 2 N–H and O–H groups in total. The molecule has 0 spiro atoms. The highest BCUT2D eigenvalue weighted by Gasteiger charge is 2.33. The van der Waals surface area contributed by atoms with Gasteiger partial charge in [-0.25, -0.2) is 21.6 Å². The molecule has 1 fully saturated rings. The minimum Gasteiger partial charge on any atom is -0.395 e. The lowest BCUT2D eigenvalue weighted by molar-refractivity contribution is 0.253. The second kappa shape index (κ2) is 5.64. The molecular weight excluding hydrogens is 266 g/mol. The highest BCUT2D eigenvalue weighted by Crippen LogP contribution is 2.19. The molecule has 1 rings (SSSR count). The number of hydrogen-bond acceptors (Lipinski definition) is 5. The molecule has 8 heteroatoms. The van der Waals surface area contributed by atoms with Gasteiger partial charge in [0.15, 0.2) is 0 Å². The van der Waals surface area contributed by atoms with Crippen molar-refractivity contribution in [2.75, 3.05) is 18.1 Å². The third kappa shape index (κ3) is 4.20. The zero-order chi connectivity index (χ0) is 13.1. The van der Waals surface area contributed by atoms with E-state index in [1.165, 1.54) is 0 Å². The van der Waals surface area contributed by atoms with Crippen LogP contribution in [0.25, 0.3) is 0 Å². The van der Waals surface area contributed by atoms with Crippen LogP contribution in [0.4, 0.5) is 0 Å². The number of aliphatic hydroxyl groups excluding tert-OH is 1. The van der Waals surface area contributed by atoms with Crippen LogP contribution in [0.1, 0.15) is 26.2 Å². The van der Waals surface area contributed by atoms with Gasteiger partial charge in [0.05, 0.1) is 23.4 Å². The Balaban J connectivity index is 2.66. The van der Waals surface area contributed by atoms with Gasteiger partial charge in [0, 0.05) is 6.04 Å². The van der Waals surface area contributed by atoms with Crippen LogP contribution in [0.3, 0.4) is 0 Å². The van der Waals surface area contributed by atoms with Gasteiger partial charge in [0.2, 0.25) is 10.0 Å². The van der Waals surface area contributed by atoms with Crippen LogP contribution in [0.5, 0.6) is 0 Å². The quantitative estimate of drug-likeness (QED) is 0.692. The highest BCUT2D eigenvalue weighted by atomic mass is 32.2. The Morgan fingerprint density at radius 3 is 2.29 bits per heavy atom. The zero-order valence-corrected chi connectivity index (χ0v) is 11.4. The van der Waals surface area contributed by atoms with Crippen molar-refractivity contribution in [3.63, 3.8) is 0 Å². The summed E-state index contributed by atoms with van der Waals surface area (Å²) in [7, 11) is -6.59. The van der Waals surface area contributed by atoms with Crippen LogP contribution >= 0.6 is 0 Å². The van der Waals surface area contributed by atoms with Crippen molar-refractivity contribution in [1.82, 2.24) is 4.72 Å². The van der Waals surface area contributed by atoms with E-state index in [1.807, 2.05) is 0 Å². The summed E-state index contributed by atoms with van der Waals surface area (Å²) in [5.41, 5.74) is 0. The highest BCUT2D eigenvalue weighted by molar-refractivity contribution is 7.92. The van der Waals surface area contributed by atoms with Crippen LogP contribution in [0, 0.1) is 0 Å². The summed E-state index contributed by atoms with van der Waals surface area (Å²) in [4.78, 5) is 0. The van der Waals surface area contributed by atoms with Crippen molar-refractivity contribution in [3.8, 4) is 0 Å². The topological polar surface area (TPSA) is 101 Å². The molecule has 1 aliphatic rings. The molecule has 0 amide bonds. The summed E-state index contributed by atoms with van der Waals surface area (Å²) < 4.78 is 48.6.